The van der Waals surface area contributed by atoms with Crippen molar-refractivity contribution in [1.82, 2.24) is 0 Å². The molecule has 0 N–H and O–H groups in total. The third kappa shape index (κ3) is 27.2. The van der Waals surface area contributed by atoms with Crippen molar-refractivity contribution in [2.24, 2.45) is 0 Å². The average Bonchev–Trinajstić information content (AvgIpc) is 3.19. The first-order chi connectivity index (χ1) is 26.7. The molecule has 0 fully saturated rings. The zero-order valence-corrected chi connectivity index (χ0v) is 37.2. The molecular formula is C52H84N2Ni. The van der Waals surface area contributed by atoms with Gasteiger partial charge < -0.3 is 5.53 Å². The summed E-state index contributed by atoms with van der Waals surface area (Å²) in [6, 6.07) is 18.4. The Morgan fingerprint density at radius 1 is 0.473 bits per heavy atom. The van der Waals surface area contributed by atoms with Crippen LogP contribution in [0.3, 0.4) is 0 Å². The van der Waals surface area contributed by atoms with Crippen molar-refractivity contribution in [2.75, 3.05) is 0 Å². The Labute approximate surface area is 351 Å². The second kappa shape index (κ2) is 37.4. The largest absolute Gasteiger partial charge is 0.348 e. The molecule has 0 aliphatic heterocycles. The van der Waals surface area contributed by atoms with Gasteiger partial charge in [-0.3, -0.25) is 0 Å². The number of allylic oxidation sites excluding steroid dienone is 2. The molecule has 2 aromatic carbocycles. The third-order valence-electron chi connectivity index (χ3n) is 11.5. The van der Waals surface area contributed by atoms with Gasteiger partial charge in [0.1, 0.15) is 0 Å². The minimum Gasteiger partial charge on any atom is -0.348 e. The van der Waals surface area contributed by atoms with Crippen LogP contribution < -0.4 is 0 Å². The molecule has 0 atom stereocenters. The van der Waals surface area contributed by atoms with E-state index in [0.717, 1.165) is 31.3 Å². The van der Waals surface area contributed by atoms with Gasteiger partial charge in [0.15, 0.2) is 0 Å². The normalized spacial score (nSPS) is 11.3. The summed E-state index contributed by atoms with van der Waals surface area (Å²) < 4.78 is 0. The Bertz CT molecular complexity index is 1280. The van der Waals surface area contributed by atoms with Crippen LogP contribution in [0.2, 0.25) is 0 Å². The molecule has 0 heterocycles. The Hall–Kier alpha value is -2.17. The molecule has 0 aromatic heterocycles. The molecule has 0 spiro atoms. The molecule has 0 aliphatic carbocycles. The van der Waals surface area contributed by atoms with Crippen molar-refractivity contribution in [1.29, 1.82) is 0 Å². The van der Waals surface area contributed by atoms with Crippen molar-refractivity contribution in [3.63, 3.8) is 0 Å². The fourth-order valence-electron chi connectivity index (χ4n) is 7.91. The van der Waals surface area contributed by atoms with Gasteiger partial charge in [-0.1, -0.05) is 243 Å². The van der Waals surface area contributed by atoms with E-state index in [4.69, 9.17) is 0 Å². The monoisotopic (exact) mass is 795 g/mol. The van der Waals surface area contributed by atoms with Gasteiger partial charge in [0, 0.05) is 16.5 Å². The molecule has 0 unspecified atom stereocenters. The van der Waals surface area contributed by atoms with E-state index in [1.807, 2.05) is 0 Å². The smallest absolute Gasteiger partial charge is 0.303 e. The van der Waals surface area contributed by atoms with Crippen molar-refractivity contribution in [3.8, 4) is 0 Å². The summed E-state index contributed by atoms with van der Waals surface area (Å²) in [6.07, 6.45) is 46.6. The van der Waals surface area contributed by atoms with E-state index >= 15 is 0 Å². The second-order valence-electron chi connectivity index (χ2n) is 16.5. The molecule has 0 radical (unpaired) electrons. The van der Waals surface area contributed by atoms with Crippen LogP contribution in [0.1, 0.15) is 242 Å². The summed E-state index contributed by atoms with van der Waals surface area (Å²) in [7, 11) is 0. The fourth-order valence-corrected chi connectivity index (χ4v) is 7.91. The number of nitrogens with zero attached hydrogens (tertiary/aromatic N) is 2. The molecule has 55 heavy (non-hydrogen) atoms. The van der Waals surface area contributed by atoms with Gasteiger partial charge in [-0.2, -0.15) is 0 Å². The van der Waals surface area contributed by atoms with Gasteiger partial charge in [0.05, 0.1) is 5.57 Å². The van der Waals surface area contributed by atoms with Gasteiger partial charge in [0.25, 0.3) is 0 Å². The van der Waals surface area contributed by atoms with E-state index in [1.165, 1.54) is 214 Å². The Balaban J connectivity index is 0.0000151. The van der Waals surface area contributed by atoms with Crippen molar-refractivity contribution in [3.05, 3.63) is 88.0 Å². The Morgan fingerprint density at radius 3 is 1.31 bits per heavy atom. The van der Waals surface area contributed by atoms with Gasteiger partial charge in [-0.15, -0.1) is 4.79 Å². The number of rotatable bonds is 36. The summed E-state index contributed by atoms with van der Waals surface area (Å²) in [5.74, 6) is 2.90. The quantitative estimate of drug-likeness (QED) is 0.0164. The van der Waals surface area contributed by atoms with Crippen molar-refractivity contribution >= 4 is 11.4 Å². The summed E-state index contributed by atoms with van der Waals surface area (Å²) in [5.41, 5.74) is 16.9. The van der Waals surface area contributed by atoms with Gasteiger partial charge in [-0.25, -0.2) is 0 Å². The van der Waals surface area contributed by atoms with E-state index in [-0.39, 0.29) is 16.5 Å². The van der Waals surface area contributed by atoms with Crippen LogP contribution in [0, 0.1) is 0 Å². The number of hydrogen-bond donors (Lipinski definition) is 0. The second-order valence-corrected chi connectivity index (χ2v) is 16.5. The molecule has 2 nitrogen and oxygen atoms in total. The molecule has 0 bridgehead atoms. The SMILES string of the molecule is CCCCCCCCCCCCCCCCCCCCCCCc1cccc(C(=CC(=C=[N+]=[N-])CCCCC)c2ccc(CCCCCCCC)cc2)c1.[Ni]. The standard InChI is InChI=1S/C52H84N2.Ni/c1-4-7-10-12-14-15-16-17-18-19-20-21-22-23-24-25-26-27-28-30-33-36-48-38-34-39-51(44-48)52(45-49(46-54-53)37-31-9-6-3)50-42-40-47(41-43-50)35-32-29-13-11-8-5-2;/h34,38-45H,4-33,35-37H2,1-3H3;. The minimum absolute atomic E-state index is 0. The predicted octanol–water partition coefficient (Wildman–Crippen LogP) is 17.2. The molecule has 0 saturated heterocycles. The molecular weight excluding hydrogens is 711 g/mol. The van der Waals surface area contributed by atoms with Crippen LogP contribution in [0.25, 0.3) is 11.1 Å². The summed E-state index contributed by atoms with van der Waals surface area (Å²) in [6.45, 7) is 6.81. The molecule has 2 aromatic rings. The molecule has 312 valence electrons. The maximum Gasteiger partial charge on any atom is 0.303 e. The maximum atomic E-state index is 9.44. The van der Waals surface area contributed by atoms with Crippen LogP contribution in [0.4, 0.5) is 0 Å². The van der Waals surface area contributed by atoms with E-state index in [0.29, 0.717) is 0 Å². The first kappa shape index (κ1) is 50.9. The van der Waals surface area contributed by atoms with Gasteiger partial charge in [-0.05, 0) is 72.4 Å². The Morgan fingerprint density at radius 2 is 0.873 bits per heavy atom. The van der Waals surface area contributed by atoms with Crippen LogP contribution >= 0.6 is 0 Å². The van der Waals surface area contributed by atoms with Crippen LogP contribution in [-0.4, -0.2) is 10.7 Å². The minimum atomic E-state index is 0. The first-order valence-electron chi connectivity index (χ1n) is 23.6. The average molecular weight is 796 g/mol. The number of aryl methyl sites for hydroxylation is 2. The third-order valence-corrected chi connectivity index (χ3v) is 11.5. The maximum absolute atomic E-state index is 9.44. The summed E-state index contributed by atoms with van der Waals surface area (Å²) in [5, 5.41) is 0. The molecule has 0 aliphatic rings. The first-order valence-corrected chi connectivity index (χ1v) is 23.6. The van der Waals surface area contributed by atoms with Gasteiger partial charge >= 0.3 is 5.87 Å². The summed E-state index contributed by atoms with van der Waals surface area (Å²) in [4.78, 5) is 3.33. The summed E-state index contributed by atoms with van der Waals surface area (Å²) >= 11 is 0. The zero-order chi connectivity index (χ0) is 38.6. The number of benzene rings is 2. The van der Waals surface area contributed by atoms with E-state index < -0.39 is 0 Å². The van der Waals surface area contributed by atoms with E-state index in [1.54, 1.807) is 0 Å². The van der Waals surface area contributed by atoms with Crippen LogP contribution in [0.5, 0.6) is 0 Å². The van der Waals surface area contributed by atoms with Crippen molar-refractivity contribution in [2.45, 2.75) is 233 Å². The number of hydrogen-bond acceptors (Lipinski definition) is 0. The van der Waals surface area contributed by atoms with Crippen LogP contribution in [0.15, 0.2) is 60.2 Å². The molecule has 0 saturated carbocycles. The van der Waals surface area contributed by atoms with Gasteiger partial charge in [0.2, 0.25) is 0 Å². The molecule has 0 amide bonds. The van der Waals surface area contributed by atoms with E-state index in [2.05, 4.69) is 86.0 Å². The predicted molar refractivity (Wildman–Crippen MR) is 240 cm³/mol. The fraction of sp³-hybridized carbons (Fsp3) is 0.692. The Kier molecular flexibility index (Phi) is 34.6. The van der Waals surface area contributed by atoms with Crippen molar-refractivity contribution < 1.29 is 21.3 Å². The molecule has 3 heteroatoms. The van der Waals surface area contributed by atoms with E-state index in [9.17, 15) is 5.53 Å². The van der Waals surface area contributed by atoms with Crippen LogP contribution in [-0.2, 0) is 29.3 Å². The topological polar surface area (TPSA) is 36.4 Å². The zero-order valence-electron chi connectivity index (χ0n) is 36.2. The molecule has 2 rings (SSSR count). The number of unbranched alkanes of at least 4 members (excludes halogenated alkanes) is 27.